The number of nitrogens with zero attached hydrogens (tertiary/aromatic N) is 2. The summed E-state index contributed by atoms with van der Waals surface area (Å²) in [5, 5.41) is 0. The number of carbonyl (C=O) groups is 1. The van der Waals surface area contributed by atoms with E-state index in [1.807, 2.05) is 19.1 Å². The van der Waals surface area contributed by atoms with Crippen molar-refractivity contribution in [2.45, 2.75) is 19.6 Å². The molecule has 1 aliphatic rings. The summed E-state index contributed by atoms with van der Waals surface area (Å²) >= 11 is 0. The van der Waals surface area contributed by atoms with Gasteiger partial charge in [0.1, 0.15) is 18.9 Å². The molecular weight excluding hydrogens is 336 g/mol. The summed E-state index contributed by atoms with van der Waals surface area (Å²) in [7, 11) is 0. The Kier molecular flexibility index (Phi) is 4.04. The molecule has 4 rings (SSSR count). The number of hydrogen-bond donors (Lipinski definition) is 0. The van der Waals surface area contributed by atoms with Gasteiger partial charge in [-0.05, 0) is 30.7 Å². The van der Waals surface area contributed by atoms with E-state index >= 15 is 0 Å². The lowest BCUT2D eigenvalue weighted by Crippen LogP contribution is -2.37. The quantitative estimate of drug-likeness (QED) is 0.670. The van der Waals surface area contributed by atoms with E-state index in [-0.39, 0.29) is 18.8 Å². The summed E-state index contributed by atoms with van der Waals surface area (Å²) < 4.78 is 17.8. The van der Waals surface area contributed by atoms with E-state index in [4.69, 9.17) is 14.2 Å². The molecule has 2 aromatic heterocycles. The Balaban J connectivity index is 1.48. The molecule has 0 saturated carbocycles. The van der Waals surface area contributed by atoms with Gasteiger partial charge in [0.2, 0.25) is 6.10 Å². The third kappa shape index (κ3) is 2.99. The minimum atomic E-state index is -0.854. The zero-order valence-electron chi connectivity index (χ0n) is 14.0. The zero-order chi connectivity index (χ0) is 18.1. The molecule has 1 aromatic carbocycles. The molecule has 0 radical (unpaired) electrons. The van der Waals surface area contributed by atoms with Crippen LogP contribution >= 0.6 is 0 Å². The van der Waals surface area contributed by atoms with E-state index < -0.39 is 12.1 Å². The number of fused-ring (bicyclic) bond motifs is 2. The van der Waals surface area contributed by atoms with Crippen LogP contribution in [0.15, 0.2) is 53.5 Å². The molecular formula is C19H16N2O5. The Labute approximate surface area is 148 Å². The van der Waals surface area contributed by atoms with E-state index in [0.29, 0.717) is 22.8 Å². The molecule has 7 heteroatoms. The van der Waals surface area contributed by atoms with Crippen LogP contribution in [-0.4, -0.2) is 28.1 Å². The maximum atomic E-state index is 12.3. The minimum absolute atomic E-state index is 0.0722. The van der Waals surface area contributed by atoms with Gasteiger partial charge in [-0.3, -0.25) is 9.20 Å². The first-order chi connectivity index (χ1) is 12.6. The number of para-hydroxylation sites is 2. The highest BCUT2D eigenvalue weighted by atomic mass is 16.6. The van der Waals surface area contributed by atoms with E-state index in [0.717, 1.165) is 5.56 Å². The van der Waals surface area contributed by atoms with Crippen LogP contribution in [0.4, 0.5) is 0 Å². The Morgan fingerprint density at radius 3 is 2.92 bits per heavy atom. The van der Waals surface area contributed by atoms with Crippen molar-refractivity contribution in [3.8, 4) is 11.5 Å². The van der Waals surface area contributed by atoms with Crippen LogP contribution in [0.1, 0.15) is 11.3 Å². The van der Waals surface area contributed by atoms with Crippen LogP contribution < -0.4 is 15.0 Å². The number of carbonyl (C=O) groups excluding carboxylic acids is 1. The number of aromatic nitrogens is 2. The molecule has 132 valence electrons. The predicted molar refractivity (Wildman–Crippen MR) is 92.3 cm³/mol. The van der Waals surface area contributed by atoms with Crippen LogP contribution in [0, 0.1) is 6.92 Å². The average molecular weight is 352 g/mol. The molecule has 3 aromatic rings. The highest BCUT2D eigenvalue weighted by Crippen LogP contribution is 2.31. The second-order valence-corrected chi connectivity index (χ2v) is 5.94. The average Bonchev–Trinajstić information content (AvgIpc) is 2.66. The first-order valence-electron chi connectivity index (χ1n) is 8.15. The third-order valence-corrected chi connectivity index (χ3v) is 4.07. The topological polar surface area (TPSA) is 79.1 Å². The number of hydrogen-bond acceptors (Lipinski definition) is 6. The van der Waals surface area contributed by atoms with Gasteiger partial charge in [-0.25, -0.2) is 9.78 Å². The molecule has 1 atom stereocenters. The first-order valence-corrected chi connectivity index (χ1v) is 8.15. The van der Waals surface area contributed by atoms with Gasteiger partial charge in [0.25, 0.3) is 5.56 Å². The zero-order valence-corrected chi connectivity index (χ0v) is 14.0. The molecule has 3 heterocycles. The van der Waals surface area contributed by atoms with E-state index in [2.05, 4.69) is 4.98 Å². The van der Waals surface area contributed by atoms with Crippen LogP contribution in [0.2, 0.25) is 0 Å². The van der Waals surface area contributed by atoms with Crippen molar-refractivity contribution >= 4 is 11.6 Å². The van der Waals surface area contributed by atoms with Gasteiger partial charge < -0.3 is 14.2 Å². The molecule has 0 aliphatic carbocycles. The number of rotatable bonds is 3. The molecule has 0 bridgehead atoms. The van der Waals surface area contributed by atoms with E-state index in [1.165, 1.54) is 10.5 Å². The van der Waals surface area contributed by atoms with Gasteiger partial charge in [-0.1, -0.05) is 18.2 Å². The van der Waals surface area contributed by atoms with Gasteiger partial charge >= 0.3 is 5.97 Å². The smallest absolute Gasteiger partial charge is 0.351 e. The first kappa shape index (κ1) is 16.1. The molecule has 1 aliphatic heterocycles. The number of benzene rings is 1. The molecule has 7 nitrogen and oxygen atoms in total. The fourth-order valence-electron chi connectivity index (χ4n) is 2.76. The van der Waals surface area contributed by atoms with Crippen molar-refractivity contribution < 1.29 is 19.0 Å². The van der Waals surface area contributed by atoms with Gasteiger partial charge in [-0.15, -0.1) is 0 Å². The summed E-state index contributed by atoms with van der Waals surface area (Å²) in [5.41, 5.74) is 1.56. The molecule has 0 fully saturated rings. The van der Waals surface area contributed by atoms with Crippen molar-refractivity contribution in [1.82, 2.24) is 9.38 Å². The lowest BCUT2D eigenvalue weighted by molar-refractivity contribution is -0.156. The highest BCUT2D eigenvalue weighted by molar-refractivity contribution is 5.76. The normalized spacial score (nSPS) is 15.7. The van der Waals surface area contributed by atoms with E-state index in [9.17, 15) is 9.59 Å². The van der Waals surface area contributed by atoms with Gasteiger partial charge in [0, 0.05) is 12.3 Å². The number of aryl methyl sites for hydroxylation is 1. The van der Waals surface area contributed by atoms with Gasteiger partial charge in [0.15, 0.2) is 11.5 Å². The standard InChI is InChI=1S/C19H16N2O5/c1-12-5-4-8-21-17(22)9-13(20-18(12)21)10-25-19(23)16-11-24-14-6-2-3-7-15(14)26-16/h2-9,16H,10-11H2,1H3/t16-/m1/s1. The fraction of sp³-hybridized carbons (Fsp3) is 0.211. The van der Waals surface area contributed by atoms with Gasteiger partial charge in [0.05, 0.1) is 5.69 Å². The summed E-state index contributed by atoms with van der Waals surface area (Å²) in [4.78, 5) is 28.8. The highest BCUT2D eigenvalue weighted by Gasteiger charge is 2.28. The summed E-state index contributed by atoms with van der Waals surface area (Å²) in [5.74, 6) is 0.529. The fourth-order valence-corrected chi connectivity index (χ4v) is 2.76. The number of pyridine rings is 1. The third-order valence-electron chi connectivity index (χ3n) is 4.07. The van der Waals surface area contributed by atoms with E-state index in [1.54, 1.807) is 30.5 Å². The van der Waals surface area contributed by atoms with Crippen LogP contribution in [0.25, 0.3) is 5.65 Å². The molecule has 0 unspecified atom stereocenters. The van der Waals surface area contributed by atoms with Crippen molar-refractivity contribution in [2.24, 2.45) is 0 Å². The second kappa shape index (κ2) is 6.51. The Hall–Kier alpha value is -3.35. The maximum Gasteiger partial charge on any atom is 0.351 e. The Bertz CT molecular complexity index is 1040. The second-order valence-electron chi connectivity index (χ2n) is 5.94. The minimum Gasteiger partial charge on any atom is -0.485 e. The van der Waals surface area contributed by atoms with Gasteiger partial charge in [-0.2, -0.15) is 0 Å². The van der Waals surface area contributed by atoms with Crippen LogP contribution in [-0.2, 0) is 16.1 Å². The monoisotopic (exact) mass is 352 g/mol. The van der Waals surface area contributed by atoms with Crippen molar-refractivity contribution in [2.75, 3.05) is 6.61 Å². The summed E-state index contributed by atoms with van der Waals surface area (Å²) in [6, 6.07) is 12.1. The molecule has 26 heavy (non-hydrogen) atoms. The van der Waals surface area contributed by atoms with Crippen molar-refractivity contribution in [3.05, 3.63) is 70.3 Å². The largest absolute Gasteiger partial charge is 0.485 e. The van der Waals surface area contributed by atoms with Crippen LogP contribution in [0.3, 0.4) is 0 Å². The maximum absolute atomic E-state index is 12.3. The lowest BCUT2D eigenvalue weighted by Gasteiger charge is -2.24. The van der Waals surface area contributed by atoms with Crippen molar-refractivity contribution in [3.63, 3.8) is 0 Å². The summed E-state index contributed by atoms with van der Waals surface area (Å²) in [6.45, 7) is 1.82. The SMILES string of the molecule is Cc1cccn2c(=O)cc(COC(=O)[C@H]3COc4ccccc4O3)nc12. The Morgan fingerprint density at radius 1 is 1.27 bits per heavy atom. The molecule has 0 spiro atoms. The molecule has 0 N–H and O–H groups in total. The number of ether oxygens (including phenoxy) is 3. The predicted octanol–water partition coefficient (Wildman–Crippen LogP) is 1.89. The van der Waals surface area contributed by atoms with Crippen LogP contribution in [0.5, 0.6) is 11.5 Å². The Morgan fingerprint density at radius 2 is 2.08 bits per heavy atom. The summed E-state index contributed by atoms with van der Waals surface area (Å²) in [6.07, 6.45) is 0.797. The molecule has 0 saturated heterocycles. The number of esters is 1. The van der Waals surface area contributed by atoms with Crippen molar-refractivity contribution in [1.29, 1.82) is 0 Å². The molecule has 0 amide bonds. The lowest BCUT2D eigenvalue weighted by atomic mass is 10.2.